The SMILES string of the molecule is C/C=C/CCNc1ccc2c(n1)CCC2. The highest BCUT2D eigenvalue weighted by atomic mass is 15.0. The molecule has 1 heterocycles. The molecule has 1 aliphatic rings. The lowest BCUT2D eigenvalue weighted by Crippen LogP contribution is -2.03. The van der Waals surface area contributed by atoms with E-state index >= 15 is 0 Å². The fraction of sp³-hybridized carbons (Fsp3) is 0.462. The van der Waals surface area contributed by atoms with Crippen molar-refractivity contribution in [3.8, 4) is 0 Å². The summed E-state index contributed by atoms with van der Waals surface area (Å²) in [5.74, 6) is 1.03. The molecule has 1 N–H and O–H groups in total. The molecular weight excluding hydrogens is 184 g/mol. The molecule has 0 bridgehead atoms. The Hall–Kier alpha value is -1.31. The van der Waals surface area contributed by atoms with Crippen LogP contribution in [0.25, 0.3) is 0 Å². The van der Waals surface area contributed by atoms with Crippen molar-refractivity contribution in [1.82, 2.24) is 4.98 Å². The predicted octanol–water partition coefficient (Wildman–Crippen LogP) is 2.95. The van der Waals surface area contributed by atoms with Gasteiger partial charge in [0.25, 0.3) is 0 Å². The zero-order chi connectivity index (χ0) is 10.5. The molecule has 2 rings (SSSR count). The van der Waals surface area contributed by atoms with E-state index in [9.17, 15) is 0 Å². The molecule has 2 nitrogen and oxygen atoms in total. The second-order valence-corrected chi connectivity index (χ2v) is 3.94. The van der Waals surface area contributed by atoms with E-state index in [-0.39, 0.29) is 0 Å². The van der Waals surface area contributed by atoms with Crippen LogP contribution in [0.5, 0.6) is 0 Å². The van der Waals surface area contributed by atoms with Gasteiger partial charge in [-0.15, -0.1) is 0 Å². The van der Waals surface area contributed by atoms with Gasteiger partial charge < -0.3 is 5.32 Å². The number of pyridine rings is 1. The number of nitrogens with one attached hydrogen (secondary N) is 1. The fourth-order valence-corrected chi connectivity index (χ4v) is 1.97. The molecule has 0 amide bonds. The Labute approximate surface area is 91.4 Å². The van der Waals surface area contributed by atoms with Gasteiger partial charge >= 0.3 is 0 Å². The van der Waals surface area contributed by atoms with E-state index in [1.54, 1.807) is 0 Å². The van der Waals surface area contributed by atoms with Crippen LogP contribution < -0.4 is 5.32 Å². The molecule has 0 fully saturated rings. The van der Waals surface area contributed by atoms with E-state index in [1.165, 1.54) is 24.1 Å². The predicted molar refractivity (Wildman–Crippen MR) is 64.2 cm³/mol. The molecule has 0 saturated carbocycles. The van der Waals surface area contributed by atoms with Crippen LogP contribution >= 0.6 is 0 Å². The summed E-state index contributed by atoms with van der Waals surface area (Å²) >= 11 is 0. The molecular formula is C13H18N2. The number of nitrogens with zero attached hydrogens (tertiary/aromatic N) is 1. The smallest absolute Gasteiger partial charge is 0.126 e. The normalized spacial score (nSPS) is 14.5. The largest absolute Gasteiger partial charge is 0.370 e. The minimum atomic E-state index is 0.968. The molecule has 0 spiro atoms. The molecule has 1 aromatic rings. The highest BCUT2D eigenvalue weighted by molar-refractivity contribution is 5.40. The van der Waals surface area contributed by atoms with Gasteiger partial charge in [-0.05, 0) is 44.2 Å². The number of allylic oxidation sites excluding steroid dienone is 1. The third-order valence-electron chi connectivity index (χ3n) is 2.78. The van der Waals surface area contributed by atoms with Gasteiger partial charge in [0.1, 0.15) is 5.82 Å². The summed E-state index contributed by atoms with van der Waals surface area (Å²) in [4.78, 5) is 4.62. The summed E-state index contributed by atoms with van der Waals surface area (Å²) in [6.45, 7) is 3.02. The monoisotopic (exact) mass is 202 g/mol. The molecule has 0 unspecified atom stereocenters. The maximum Gasteiger partial charge on any atom is 0.126 e. The van der Waals surface area contributed by atoms with Gasteiger partial charge in [0, 0.05) is 12.2 Å². The second kappa shape index (κ2) is 4.96. The van der Waals surface area contributed by atoms with Crippen LogP contribution in [0.1, 0.15) is 31.0 Å². The average Bonchev–Trinajstić information content (AvgIpc) is 2.71. The van der Waals surface area contributed by atoms with Crippen LogP contribution in [0.15, 0.2) is 24.3 Å². The maximum atomic E-state index is 4.62. The Morgan fingerprint density at radius 3 is 3.20 bits per heavy atom. The molecule has 0 saturated heterocycles. The zero-order valence-corrected chi connectivity index (χ0v) is 9.29. The summed E-state index contributed by atoms with van der Waals surface area (Å²) in [5.41, 5.74) is 2.74. The van der Waals surface area contributed by atoms with Crippen LogP contribution in [0.2, 0.25) is 0 Å². The van der Waals surface area contributed by atoms with Crippen LogP contribution in [0, 0.1) is 0 Å². The number of aryl methyl sites for hydroxylation is 2. The molecule has 80 valence electrons. The van der Waals surface area contributed by atoms with Crippen LogP contribution in [-0.2, 0) is 12.8 Å². The average molecular weight is 202 g/mol. The van der Waals surface area contributed by atoms with Gasteiger partial charge in [0.05, 0.1) is 0 Å². The van der Waals surface area contributed by atoms with Crippen molar-refractivity contribution in [1.29, 1.82) is 0 Å². The van der Waals surface area contributed by atoms with Crippen molar-refractivity contribution in [2.24, 2.45) is 0 Å². The molecule has 0 atom stereocenters. The van der Waals surface area contributed by atoms with Gasteiger partial charge in [-0.3, -0.25) is 0 Å². The van der Waals surface area contributed by atoms with Crippen molar-refractivity contribution in [3.05, 3.63) is 35.5 Å². The van der Waals surface area contributed by atoms with Crippen LogP contribution in [0.4, 0.5) is 5.82 Å². The molecule has 1 aliphatic carbocycles. The van der Waals surface area contributed by atoms with Crippen molar-refractivity contribution < 1.29 is 0 Å². The summed E-state index contributed by atoms with van der Waals surface area (Å²) in [6.07, 6.45) is 8.94. The quantitative estimate of drug-likeness (QED) is 0.600. The Morgan fingerprint density at radius 2 is 2.33 bits per heavy atom. The van der Waals surface area contributed by atoms with E-state index in [0.29, 0.717) is 0 Å². The third kappa shape index (κ3) is 2.58. The Bertz CT molecular complexity index is 356. The summed E-state index contributed by atoms with van der Waals surface area (Å²) < 4.78 is 0. The molecule has 0 radical (unpaired) electrons. The minimum Gasteiger partial charge on any atom is -0.370 e. The zero-order valence-electron chi connectivity index (χ0n) is 9.29. The molecule has 15 heavy (non-hydrogen) atoms. The van der Waals surface area contributed by atoms with E-state index in [2.05, 4.69) is 34.6 Å². The van der Waals surface area contributed by atoms with E-state index in [0.717, 1.165) is 25.2 Å². The summed E-state index contributed by atoms with van der Waals surface area (Å²) in [6, 6.07) is 4.31. The number of aromatic nitrogens is 1. The van der Waals surface area contributed by atoms with Gasteiger partial charge in [-0.25, -0.2) is 4.98 Å². The molecule has 0 aromatic carbocycles. The van der Waals surface area contributed by atoms with E-state index < -0.39 is 0 Å². The van der Waals surface area contributed by atoms with Crippen molar-refractivity contribution in [3.63, 3.8) is 0 Å². The van der Waals surface area contributed by atoms with Crippen LogP contribution in [-0.4, -0.2) is 11.5 Å². The first kappa shape index (κ1) is 10.2. The topological polar surface area (TPSA) is 24.9 Å². The molecule has 2 heteroatoms. The van der Waals surface area contributed by atoms with Crippen molar-refractivity contribution in [2.75, 3.05) is 11.9 Å². The lowest BCUT2D eigenvalue weighted by atomic mass is 10.2. The summed E-state index contributed by atoms with van der Waals surface area (Å²) in [5, 5.41) is 3.35. The Morgan fingerprint density at radius 1 is 1.40 bits per heavy atom. The lowest BCUT2D eigenvalue weighted by Gasteiger charge is -2.05. The number of hydrogen-bond acceptors (Lipinski definition) is 2. The van der Waals surface area contributed by atoms with Gasteiger partial charge in [0.2, 0.25) is 0 Å². The van der Waals surface area contributed by atoms with Crippen molar-refractivity contribution >= 4 is 5.82 Å². The highest BCUT2D eigenvalue weighted by Gasteiger charge is 2.11. The Balaban J connectivity index is 1.92. The standard InChI is InChI=1S/C13H18N2/c1-2-3-4-10-14-13-9-8-11-6-5-7-12(11)15-13/h2-3,8-9H,4-7,10H2,1H3,(H,14,15)/b3-2+. The lowest BCUT2D eigenvalue weighted by molar-refractivity contribution is 0.899. The van der Waals surface area contributed by atoms with Crippen molar-refractivity contribution in [2.45, 2.75) is 32.6 Å². The first-order valence-electron chi connectivity index (χ1n) is 5.74. The summed E-state index contributed by atoms with van der Waals surface area (Å²) in [7, 11) is 0. The van der Waals surface area contributed by atoms with E-state index in [1.807, 2.05) is 6.92 Å². The van der Waals surface area contributed by atoms with Gasteiger partial charge in [-0.2, -0.15) is 0 Å². The first-order valence-corrected chi connectivity index (χ1v) is 5.74. The first-order chi connectivity index (χ1) is 7.40. The molecule has 1 aromatic heterocycles. The maximum absolute atomic E-state index is 4.62. The number of hydrogen-bond donors (Lipinski definition) is 1. The van der Waals surface area contributed by atoms with E-state index in [4.69, 9.17) is 0 Å². The fourth-order valence-electron chi connectivity index (χ4n) is 1.97. The number of rotatable bonds is 4. The van der Waals surface area contributed by atoms with Gasteiger partial charge in [0.15, 0.2) is 0 Å². The van der Waals surface area contributed by atoms with Crippen LogP contribution in [0.3, 0.4) is 0 Å². The van der Waals surface area contributed by atoms with Gasteiger partial charge in [-0.1, -0.05) is 18.2 Å². The Kier molecular flexibility index (Phi) is 3.38. The third-order valence-corrected chi connectivity index (χ3v) is 2.78. The molecule has 0 aliphatic heterocycles. The highest BCUT2D eigenvalue weighted by Crippen LogP contribution is 2.21. The number of fused-ring (bicyclic) bond motifs is 1. The second-order valence-electron chi connectivity index (χ2n) is 3.94. The number of anilines is 1. The minimum absolute atomic E-state index is 0.968.